The third-order valence-corrected chi connectivity index (χ3v) is 4.02. The number of nitrogens with one attached hydrogen (secondary N) is 1. The molecule has 2 heterocycles. The minimum Gasteiger partial charge on any atom is -0.467 e. The van der Waals surface area contributed by atoms with Crippen molar-refractivity contribution in [2.45, 2.75) is 13.5 Å². The van der Waals surface area contributed by atoms with Crippen LogP contribution < -0.4 is 10.2 Å². The van der Waals surface area contributed by atoms with Gasteiger partial charge >= 0.3 is 6.03 Å². The van der Waals surface area contributed by atoms with Crippen molar-refractivity contribution >= 4 is 11.7 Å². The number of carbonyl (C=O) groups is 1. The van der Waals surface area contributed by atoms with E-state index in [0.717, 1.165) is 31.9 Å². The highest BCUT2D eigenvalue weighted by atomic mass is 16.3. The van der Waals surface area contributed by atoms with Crippen LogP contribution in [0.15, 0.2) is 47.1 Å². The van der Waals surface area contributed by atoms with Crippen LogP contribution in [0.5, 0.6) is 0 Å². The molecule has 2 amide bonds. The summed E-state index contributed by atoms with van der Waals surface area (Å²) in [5.41, 5.74) is 2.54. The number of para-hydroxylation sites is 1. The quantitative estimate of drug-likeness (QED) is 0.948. The highest BCUT2D eigenvalue weighted by molar-refractivity contribution is 5.74. The smallest absolute Gasteiger partial charge is 0.317 e. The summed E-state index contributed by atoms with van der Waals surface area (Å²) in [6.45, 7) is 5.75. The Morgan fingerprint density at radius 3 is 2.59 bits per heavy atom. The number of aryl methyl sites for hydroxylation is 1. The molecule has 5 nitrogen and oxygen atoms in total. The van der Waals surface area contributed by atoms with E-state index >= 15 is 0 Å². The summed E-state index contributed by atoms with van der Waals surface area (Å²) in [5, 5.41) is 2.90. The van der Waals surface area contributed by atoms with Crippen LogP contribution in [0, 0.1) is 6.92 Å². The lowest BCUT2D eigenvalue weighted by atomic mass is 10.1. The molecule has 0 unspecified atom stereocenters. The number of piperazine rings is 1. The molecule has 116 valence electrons. The van der Waals surface area contributed by atoms with E-state index in [2.05, 4.69) is 41.4 Å². The number of carbonyl (C=O) groups excluding carboxylic acids is 1. The van der Waals surface area contributed by atoms with E-state index in [4.69, 9.17) is 4.42 Å². The van der Waals surface area contributed by atoms with Crippen molar-refractivity contribution in [2.75, 3.05) is 31.1 Å². The molecule has 3 rings (SSSR count). The average molecular weight is 299 g/mol. The summed E-state index contributed by atoms with van der Waals surface area (Å²) >= 11 is 0. The predicted octanol–water partition coefficient (Wildman–Crippen LogP) is 2.62. The molecule has 5 heteroatoms. The number of anilines is 1. The van der Waals surface area contributed by atoms with E-state index in [1.165, 1.54) is 11.3 Å². The molecule has 0 bridgehead atoms. The second-order valence-electron chi connectivity index (χ2n) is 5.50. The Labute approximate surface area is 130 Å². The second kappa shape index (κ2) is 6.56. The van der Waals surface area contributed by atoms with Gasteiger partial charge in [-0.2, -0.15) is 0 Å². The lowest BCUT2D eigenvalue weighted by Crippen LogP contribution is -2.51. The molecule has 0 spiro atoms. The Bertz CT molecular complexity index is 617. The predicted molar refractivity (Wildman–Crippen MR) is 85.9 cm³/mol. The number of benzene rings is 1. The lowest BCUT2D eigenvalue weighted by molar-refractivity contribution is 0.193. The highest BCUT2D eigenvalue weighted by Crippen LogP contribution is 2.20. The molecule has 22 heavy (non-hydrogen) atoms. The summed E-state index contributed by atoms with van der Waals surface area (Å²) in [6.07, 6.45) is 1.61. The van der Waals surface area contributed by atoms with E-state index in [1.54, 1.807) is 6.26 Å². The molecule has 0 aliphatic carbocycles. The zero-order valence-electron chi connectivity index (χ0n) is 12.8. The molecule has 1 fully saturated rings. The van der Waals surface area contributed by atoms with Crippen molar-refractivity contribution in [3.8, 4) is 0 Å². The molecule has 1 N–H and O–H groups in total. The van der Waals surface area contributed by atoms with Crippen molar-refractivity contribution in [1.29, 1.82) is 0 Å². The van der Waals surface area contributed by atoms with Crippen molar-refractivity contribution in [3.63, 3.8) is 0 Å². The van der Waals surface area contributed by atoms with Gasteiger partial charge in [0, 0.05) is 31.9 Å². The number of urea groups is 1. The van der Waals surface area contributed by atoms with Crippen molar-refractivity contribution in [2.24, 2.45) is 0 Å². The van der Waals surface area contributed by atoms with Crippen LogP contribution in [0.4, 0.5) is 10.5 Å². The second-order valence-corrected chi connectivity index (χ2v) is 5.50. The van der Waals surface area contributed by atoms with Gasteiger partial charge in [0.25, 0.3) is 0 Å². The zero-order chi connectivity index (χ0) is 15.4. The van der Waals surface area contributed by atoms with E-state index in [1.807, 2.05) is 17.0 Å². The molecule has 1 aromatic heterocycles. The number of furan rings is 1. The summed E-state index contributed by atoms with van der Waals surface area (Å²) in [6, 6.07) is 12.0. The normalized spacial score (nSPS) is 15.0. The molecular weight excluding hydrogens is 278 g/mol. The monoisotopic (exact) mass is 299 g/mol. The van der Waals surface area contributed by atoms with E-state index in [0.29, 0.717) is 6.54 Å². The van der Waals surface area contributed by atoms with Gasteiger partial charge in [-0.05, 0) is 30.7 Å². The van der Waals surface area contributed by atoms with Crippen LogP contribution >= 0.6 is 0 Å². The molecule has 1 aliphatic rings. The van der Waals surface area contributed by atoms with Crippen LogP contribution in [0.25, 0.3) is 0 Å². The van der Waals surface area contributed by atoms with Gasteiger partial charge in [0.15, 0.2) is 0 Å². The van der Waals surface area contributed by atoms with Crippen molar-refractivity contribution in [1.82, 2.24) is 10.2 Å². The number of hydrogen-bond acceptors (Lipinski definition) is 3. The zero-order valence-corrected chi connectivity index (χ0v) is 12.8. The van der Waals surface area contributed by atoms with E-state index in [-0.39, 0.29) is 6.03 Å². The number of nitrogens with zero attached hydrogens (tertiary/aromatic N) is 2. The Morgan fingerprint density at radius 1 is 1.14 bits per heavy atom. The molecule has 1 aromatic carbocycles. The lowest BCUT2D eigenvalue weighted by Gasteiger charge is -2.36. The van der Waals surface area contributed by atoms with E-state index < -0.39 is 0 Å². The molecular formula is C17H21N3O2. The van der Waals surface area contributed by atoms with Gasteiger partial charge in [0.2, 0.25) is 0 Å². The maximum absolute atomic E-state index is 12.2. The third-order valence-electron chi connectivity index (χ3n) is 4.02. The van der Waals surface area contributed by atoms with Crippen LogP contribution in [0.2, 0.25) is 0 Å². The fraction of sp³-hybridized carbons (Fsp3) is 0.353. The molecule has 1 saturated heterocycles. The molecule has 0 radical (unpaired) electrons. The minimum atomic E-state index is -0.0270. The Balaban J connectivity index is 1.51. The maximum Gasteiger partial charge on any atom is 0.317 e. The number of amides is 2. The first-order valence-corrected chi connectivity index (χ1v) is 7.60. The van der Waals surface area contributed by atoms with Crippen molar-refractivity contribution < 1.29 is 9.21 Å². The van der Waals surface area contributed by atoms with Gasteiger partial charge in [0.05, 0.1) is 12.8 Å². The molecule has 1 aliphatic heterocycles. The molecule has 2 aromatic rings. The van der Waals surface area contributed by atoms with Crippen LogP contribution in [-0.2, 0) is 6.54 Å². The van der Waals surface area contributed by atoms with Gasteiger partial charge in [-0.25, -0.2) is 4.79 Å². The summed E-state index contributed by atoms with van der Waals surface area (Å²) in [5.74, 6) is 0.770. The van der Waals surface area contributed by atoms with Crippen LogP contribution in [0.1, 0.15) is 11.3 Å². The van der Waals surface area contributed by atoms with Crippen molar-refractivity contribution in [3.05, 3.63) is 54.0 Å². The minimum absolute atomic E-state index is 0.0270. The fourth-order valence-electron chi connectivity index (χ4n) is 2.76. The van der Waals surface area contributed by atoms with Gasteiger partial charge in [-0.15, -0.1) is 0 Å². The summed E-state index contributed by atoms with van der Waals surface area (Å²) < 4.78 is 5.22. The molecule has 0 atom stereocenters. The van der Waals surface area contributed by atoms with E-state index in [9.17, 15) is 4.79 Å². The maximum atomic E-state index is 12.2. The Morgan fingerprint density at radius 2 is 1.91 bits per heavy atom. The Hall–Kier alpha value is -2.43. The van der Waals surface area contributed by atoms with Gasteiger partial charge in [-0.1, -0.05) is 18.2 Å². The third kappa shape index (κ3) is 3.24. The first kappa shape index (κ1) is 14.5. The number of rotatable bonds is 3. The summed E-state index contributed by atoms with van der Waals surface area (Å²) in [4.78, 5) is 16.4. The molecule has 0 saturated carbocycles. The fourth-order valence-corrected chi connectivity index (χ4v) is 2.76. The highest BCUT2D eigenvalue weighted by Gasteiger charge is 2.21. The number of hydrogen-bond donors (Lipinski definition) is 1. The largest absolute Gasteiger partial charge is 0.467 e. The average Bonchev–Trinajstić information content (AvgIpc) is 3.07. The standard InChI is InChI=1S/C17H21N3O2/c1-14-5-2-3-7-16(14)19-8-10-20(11-9-19)17(21)18-13-15-6-4-12-22-15/h2-7,12H,8-11,13H2,1H3,(H,18,21). The first-order chi connectivity index (χ1) is 10.7. The van der Waals surface area contributed by atoms with Gasteiger partial charge < -0.3 is 19.5 Å². The topological polar surface area (TPSA) is 48.7 Å². The first-order valence-electron chi connectivity index (χ1n) is 7.60. The summed E-state index contributed by atoms with van der Waals surface area (Å²) in [7, 11) is 0. The van der Waals surface area contributed by atoms with Gasteiger partial charge in [-0.3, -0.25) is 0 Å². The van der Waals surface area contributed by atoms with Crippen LogP contribution in [-0.4, -0.2) is 37.1 Å². The SMILES string of the molecule is Cc1ccccc1N1CCN(C(=O)NCc2ccco2)CC1. The van der Waals surface area contributed by atoms with Gasteiger partial charge in [0.1, 0.15) is 5.76 Å². The Kier molecular flexibility index (Phi) is 4.32. The van der Waals surface area contributed by atoms with Crippen LogP contribution in [0.3, 0.4) is 0 Å².